The second-order valence-electron chi connectivity index (χ2n) is 6.37. The molecule has 1 nitrogen and oxygen atoms in total. The van der Waals surface area contributed by atoms with Crippen LogP contribution in [0.15, 0.2) is 48.5 Å². The summed E-state index contributed by atoms with van der Waals surface area (Å²) in [6.07, 6.45) is 4.78. The molecular weight excluding hydrogens is 266 g/mol. The van der Waals surface area contributed by atoms with E-state index >= 15 is 0 Å². The highest BCUT2D eigenvalue weighted by Gasteiger charge is 2.27. The van der Waals surface area contributed by atoms with Crippen molar-refractivity contribution in [2.45, 2.75) is 51.5 Å². The zero-order valence-electron chi connectivity index (χ0n) is 13.8. The molecule has 1 aliphatic rings. The van der Waals surface area contributed by atoms with Crippen LogP contribution in [0.4, 0.5) is 0 Å². The highest BCUT2D eigenvalue weighted by molar-refractivity contribution is 5.37. The van der Waals surface area contributed by atoms with Crippen molar-refractivity contribution < 1.29 is 0 Å². The molecule has 0 spiro atoms. The highest BCUT2D eigenvalue weighted by atomic mass is 14.9. The molecular formula is C21H27N. The van der Waals surface area contributed by atoms with Gasteiger partial charge in [-0.05, 0) is 54.5 Å². The second kappa shape index (κ2) is 7.11. The van der Waals surface area contributed by atoms with Crippen LogP contribution in [-0.2, 0) is 12.8 Å². The van der Waals surface area contributed by atoms with Gasteiger partial charge in [-0.3, -0.25) is 0 Å². The molecule has 0 unspecified atom stereocenters. The number of aryl methyl sites for hydroxylation is 2. The van der Waals surface area contributed by atoms with Crippen LogP contribution in [0.1, 0.15) is 54.9 Å². The molecule has 1 heteroatoms. The van der Waals surface area contributed by atoms with E-state index in [9.17, 15) is 0 Å². The van der Waals surface area contributed by atoms with Crippen molar-refractivity contribution >= 4 is 0 Å². The first-order valence-corrected chi connectivity index (χ1v) is 8.73. The van der Waals surface area contributed by atoms with Crippen LogP contribution in [0.5, 0.6) is 0 Å². The van der Waals surface area contributed by atoms with E-state index < -0.39 is 0 Å². The minimum atomic E-state index is 0.472. The molecule has 0 bridgehead atoms. The average molecular weight is 293 g/mol. The number of nitrogens with one attached hydrogen (secondary N) is 1. The second-order valence-corrected chi connectivity index (χ2v) is 6.37. The Morgan fingerprint density at radius 2 is 1.36 bits per heavy atom. The minimum absolute atomic E-state index is 0.472. The summed E-state index contributed by atoms with van der Waals surface area (Å²) in [5.41, 5.74) is 5.73. The topological polar surface area (TPSA) is 12.0 Å². The number of rotatable bonds is 5. The summed E-state index contributed by atoms with van der Waals surface area (Å²) < 4.78 is 0. The van der Waals surface area contributed by atoms with Gasteiger partial charge in [0, 0.05) is 12.0 Å². The molecule has 0 amide bonds. The fourth-order valence-electron chi connectivity index (χ4n) is 3.57. The first kappa shape index (κ1) is 15.3. The van der Waals surface area contributed by atoms with Gasteiger partial charge in [-0.2, -0.15) is 0 Å². The lowest BCUT2D eigenvalue weighted by molar-refractivity contribution is 0.540. The maximum Gasteiger partial charge on any atom is 0.0243 e. The molecule has 0 aliphatic carbocycles. The Kier molecular flexibility index (Phi) is 4.94. The molecule has 1 aliphatic heterocycles. The standard InChI is InChI=1S/C21H27N/c1-3-16-7-11-18(12-8-16)21(20-6-5-15-22-20)19-13-9-17(4-2)10-14-19/h7-14,20-22H,3-6,15H2,1-2H3/t20-/m0/s1. The van der Waals surface area contributed by atoms with Crippen molar-refractivity contribution in [1.29, 1.82) is 0 Å². The molecule has 0 saturated carbocycles. The normalized spacial score (nSPS) is 18.0. The van der Waals surface area contributed by atoms with Gasteiger partial charge in [-0.15, -0.1) is 0 Å². The summed E-state index contributed by atoms with van der Waals surface area (Å²) in [5.74, 6) is 0.472. The largest absolute Gasteiger partial charge is 0.313 e. The summed E-state index contributed by atoms with van der Waals surface area (Å²) in [7, 11) is 0. The third-order valence-corrected chi connectivity index (χ3v) is 4.99. The Morgan fingerprint density at radius 1 is 0.864 bits per heavy atom. The van der Waals surface area contributed by atoms with Crippen molar-refractivity contribution in [3.05, 3.63) is 70.8 Å². The van der Waals surface area contributed by atoms with Crippen molar-refractivity contribution in [2.75, 3.05) is 6.54 Å². The Balaban J connectivity index is 1.94. The van der Waals surface area contributed by atoms with Crippen LogP contribution < -0.4 is 5.32 Å². The zero-order chi connectivity index (χ0) is 15.4. The molecule has 1 N–H and O–H groups in total. The first-order valence-electron chi connectivity index (χ1n) is 8.73. The van der Waals surface area contributed by atoms with Gasteiger partial charge in [-0.1, -0.05) is 62.4 Å². The van der Waals surface area contributed by atoms with Crippen LogP contribution in [0.2, 0.25) is 0 Å². The molecule has 1 heterocycles. The van der Waals surface area contributed by atoms with Crippen LogP contribution in [-0.4, -0.2) is 12.6 Å². The summed E-state index contributed by atoms with van der Waals surface area (Å²) in [6, 6.07) is 19.0. The van der Waals surface area contributed by atoms with E-state index in [2.05, 4.69) is 67.7 Å². The van der Waals surface area contributed by atoms with Gasteiger partial charge in [0.1, 0.15) is 0 Å². The Labute approximate surface area is 134 Å². The van der Waals surface area contributed by atoms with E-state index in [1.165, 1.54) is 35.1 Å². The molecule has 3 rings (SSSR count). The monoisotopic (exact) mass is 293 g/mol. The molecule has 22 heavy (non-hydrogen) atoms. The van der Waals surface area contributed by atoms with Gasteiger partial charge in [0.15, 0.2) is 0 Å². The van der Waals surface area contributed by atoms with Crippen LogP contribution in [0.25, 0.3) is 0 Å². The summed E-state index contributed by atoms with van der Waals surface area (Å²) in [5, 5.41) is 3.71. The molecule has 1 fully saturated rings. The first-order chi connectivity index (χ1) is 10.8. The Bertz CT molecular complexity index is 529. The van der Waals surface area contributed by atoms with Gasteiger partial charge in [-0.25, -0.2) is 0 Å². The molecule has 116 valence electrons. The lowest BCUT2D eigenvalue weighted by Crippen LogP contribution is -2.29. The smallest absolute Gasteiger partial charge is 0.0243 e. The predicted octanol–water partition coefficient (Wildman–Crippen LogP) is 4.70. The molecule has 0 radical (unpaired) electrons. The van der Waals surface area contributed by atoms with Crippen LogP contribution in [0, 0.1) is 0 Å². The molecule has 1 atom stereocenters. The van der Waals surface area contributed by atoms with Crippen molar-refractivity contribution in [3.63, 3.8) is 0 Å². The van der Waals surface area contributed by atoms with Gasteiger partial charge in [0.2, 0.25) is 0 Å². The summed E-state index contributed by atoms with van der Waals surface area (Å²) >= 11 is 0. The quantitative estimate of drug-likeness (QED) is 0.843. The average Bonchev–Trinajstić information content (AvgIpc) is 3.10. The predicted molar refractivity (Wildman–Crippen MR) is 94.5 cm³/mol. The van der Waals surface area contributed by atoms with E-state index in [1.807, 2.05) is 0 Å². The van der Waals surface area contributed by atoms with Gasteiger partial charge in [0.05, 0.1) is 0 Å². The van der Waals surface area contributed by atoms with Crippen molar-refractivity contribution in [1.82, 2.24) is 5.32 Å². The van der Waals surface area contributed by atoms with E-state index in [4.69, 9.17) is 0 Å². The van der Waals surface area contributed by atoms with Gasteiger partial charge >= 0.3 is 0 Å². The van der Waals surface area contributed by atoms with Crippen molar-refractivity contribution in [3.8, 4) is 0 Å². The molecule has 2 aromatic rings. The van der Waals surface area contributed by atoms with E-state index in [0.717, 1.165) is 19.4 Å². The van der Waals surface area contributed by atoms with Gasteiger partial charge in [0.25, 0.3) is 0 Å². The fraction of sp³-hybridized carbons (Fsp3) is 0.429. The third-order valence-electron chi connectivity index (χ3n) is 4.99. The maximum absolute atomic E-state index is 3.71. The van der Waals surface area contributed by atoms with E-state index in [0.29, 0.717) is 12.0 Å². The SMILES string of the molecule is CCc1ccc(C(c2ccc(CC)cc2)[C@@H]2CCCN2)cc1. The Morgan fingerprint density at radius 3 is 1.73 bits per heavy atom. The summed E-state index contributed by atoms with van der Waals surface area (Å²) in [6.45, 7) is 5.59. The van der Waals surface area contributed by atoms with Crippen LogP contribution >= 0.6 is 0 Å². The molecule has 0 aromatic heterocycles. The maximum atomic E-state index is 3.71. The molecule has 2 aromatic carbocycles. The highest BCUT2D eigenvalue weighted by Crippen LogP contribution is 2.32. The van der Waals surface area contributed by atoms with Crippen LogP contribution in [0.3, 0.4) is 0 Å². The van der Waals surface area contributed by atoms with E-state index in [-0.39, 0.29) is 0 Å². The van der Waals surface area contributed by atoms with Crippen molar-refractivity contribution in [2.24, 2.45) is 0 Å². The van der Waals surface area contributed by atoms with E-state index in [1.54, 1.807) is 0 Å². The summed E-state index contributed by atoms with van der Waals surface area (Å²) in [4.78, 5) is 0. The lowest BCUT2D eigenvalue weighted by Gasteiger charge is -2.25. The molecule has 1 saturated heterocycles. The Hall–Kier alpha value is -1.60. The lowest BCUT2D eigenvalue weighted by atomic mass is 9.83. The number of benzene rings is 2. The third kappa shape index (κ3) is 3.25. The minimum Gasteiger partial charge on any atom is -0.313 e. The number of hydrogen-bond donors (Lipinski definition) is 1. The fourth-order valence-corrected chi connectivity index (χ4v) is 3.57. The number of hydrogen-bond acceptors (Lipinski definition) is 1. The zero-order valence-corrected chi connectivity index (χ0v) is 13.8. The van der Waals surface area contributed by atoms with Gasteiger partial charge < -0.3 is 5.32 Å².